The Morgan fingerprint density at radius 1 is 1.39 bits per heavy atom. The minimum Gasteiger partial charge on any atom is -0.314 e. The third-order valence-electron chi connectivity index (χ3n) is 4.06. The van der Waals surface area contributed by atoms with Gasteiger partial charge in [-0.2, -0.15) is 5.10 Å². The van der Waals surface area contributed by atoms with E-state index >= 15 is 0 Å². The van der Waals surface area contributed by atoms with Gasteiger partial charge in [0.05, 0.1) is 5.69 Å². The van der Waals surface area contributed by atoms with Crippen LogP contribution >= 0.6 is 0 Å². The second-order valence-electron chi connectivity index (χ2n) is 5.79. The fraction of sp³-hybridized carbons (Fsp3) is 0.800. The molecule has 0 radical (unpaired) electrons. The Balaban J connectivity index is 1.98. The van der Waals surface area contributed by atoms with Gasteiger partial charge in [0.25, 0.3) is 0 Å². The molecule has 0 aliphatic heterocycles. The van der Waals surface area contributed by atoms with Gasteiger partial charge in [-0.1, -0.05) is 19.8 Å². The van der Waals surface area contributed by atoms with Gasteiger partial charge >= 0.3 is 0 Å². The normalized spacial score (nSPS) is 18.7. The first-order valence-electron chi connectivity index (χ1n) is 7.48. The van der Waals surface area contributed by atoms with Gasteiger partial charge in [0.15, 0.2) is 0 Å². The number of hydrogen-bond acceptors (Lipinski definition) is 2. The molecule has 2 rings (SSSR count). The molecule has 1 atom stereocenters. The monoisotopic (exact) mass is 249 g/mol. The van der Waals surface area contributed by atoms with Crippen molar-refractivity contribution in [2.75, 3.05) is 6.54 Å². The average molecular weight is 249 g/mol. The predicted octanol–water partition coefficient (Wildman–Crippen LogP) is 3.17. The molecule has 1 aromatic rings. The molecule has 0 bridgehead atoms. The van der Waals surface area contributed by atoms with Crippen molar-refractivity contribution in [2.45, 2.75) is 65.0 Å². The van der Waals surface area contributed by atoms with Crippen molar-refractivity contribution >= 4 is 0 Å². The van der Waals surface area contributed by atoms with Crippen molar-refractivity contribution in [1.29, 1.82) is 0 Å². The van der Waals surface area contributed by atoms with E-state index in [4.69, 9.17) is 0 Å². The summed E-state index contributed by atoms with van der Waals surface area (Å²) in [5.74, 6) is 0.856. The molecule has 3 heteroatoms. The molecule has 102 valence electrons. The van der Waals surface area contributed by atoms with Crippen LogP contribution in [0.4, 0.5) is 0 Å². The van der Waals surface area contributed by atoms with Crippen LogP contribution in [0.3, 0.4) is 0 Å². The standard InChI is InChI=1S/C15H27N3/c1-4-16-15(13-7-5-6-8-13)11-14-9-10-18(17-14)12(2)3/h9-10,12-13,15-16H,4-8,11H2,1-3H3. The molecule has 1 fully saturated rings. The maximum absolute atomic E-state index is 4.68. The lowest BCUT2D eigenvalue weighted by molar-refractivity contribution is 0.358. The van der Waals surface area contributed by atoms with Crippen molar-refractivity contribution < 1.29 is 0 Å². The van der Waals surface area contributed by atoms with Gasteiger partial charge in [-0.3, -0.25) is 4.68 Å². The zero-order valence-electron chi connectivity index (χ0n) is 12.0. The Kier molecular flexibility index (Phi) is 4.81. The van der Waals surface area contributed by atoms with Gasteiger partial charge < -0.3 is 5.32 Å². The van der Waals surface area contributed by atoms with E-state index in [0.717, 1.165) is 18.9 Å². The van der Waals surface area contributed by atoms with Gasteiger partial charge in [-0.25, -0.2) is 0 Å². The van der Waals surface area contributed by atoms with Crippen LogP contribution in [-0.2, 0) is 6.42 Å². The molecule has 1 heterocycles. The zero-order chi connectivity index (χ0) is 13.0. The lowest BCUT2D eigenvalue weighted by Gasteiger charge is -2.23. The minimum absolute atomic E-state index is 0.461. The van der Waals surface area contributed by atoms with Gasteiger partial charge in [0.1, 0.15) is 0 Å². The molecule has 1 N–H and O–H groups in total. The Labute approximate surface area is 111 Å². The van der Waals surface area contributed by atoms with Gasteiger partial charge in [-0.05, 0) is 45.2 Å². The maximum atomic E-state index is 4.68. The quantitative estimate of drug-likeness (QED) is 0.839. The Morgan fingerprint density at radius 3 is 2.67 bits per heavy atom. The Hall–Kier alpha value is -0.830. The van der Waals surface area contributed by atoms with Crippen LogP contribution in [0.2, 0.25) is 0 Å². The predicted molar refractivity (Wildman–Crippen MR) is 75.7 cm³/mol. The highest BCUT2D eigenvalue weighted by atomic mass is 15.3. The first-order chi connectivity index (χ1) is 8.70. The number of rotatable bonds is 6. The lowest BCUT2D eigenvalue weighted by atomic mass is 9.94. The SMILES string of the molecule is CCNC(Cc1ccn(C(C)C)n1)C1CCCC1. The molecular formula is C15H27N3. The molecule has 1 aliphatic rings. The summed E-state index contributed by atoms with van der Waals surface area (Å²) in [5.41, 5.74) is 1.24. The molecule has 0 spiro atoms. The molecule has 0 aromatic carbocycles. The van der Waals surface area contributed by atoms with Crippen molar-refractivity contribution in [3.8, 4) is 0 Å². The van der Waals surface area contributed by atoms with Gasteiger partial charge in [0, 0.05) is 24.7 Å². The van der Waals surface area contributed by atoms with Crippen LogP contribution in [0.15, 0.2) is 12.3 Å². The number of nitrogens with one attached hydrogen (secondary N) is 1. The van der Waals surface area contributed by atoms with Crippen molar-refractivity contribution in [3.63, 3.8) is 0 Å². The average Bonchev–Trinajstić information content (AvgIpc) is 2.99. The highest BCUT2D eigenvalue weighted by Crippen LogP contribution is 2.29. The topological polar surface area (TPSA) is 29.9 Å². The second-order valence-corrected chi connectivity index (χ2v) is 5.79. The highest BCUT2D eigenvalue weighted by Gasteiger charge is 2.25. The summed E-state index contributed by atoms with van der Waals surface area (Å²) in [7, 11) is 0. The van der Waals surface area contributed by atoms with Gasteiger partial charge in [-0.15, -0.1) is 0 Å². The van der Waals surface area contributed by atoms with E-state index in [2.05, 4.69) is 48.1 Å². The van der Waals surface area contributed by atoms with Crippen LogP contribution in [-0.4, -0.2) is 22.4 Å². The molecule has 18 heavy (non-hydrogen) atoms. The fourth-order valence-corrected chi connectivity index (χ4v) is 3.03. The van der Waals surface area contributed by atoms with Crippen LogP contribution in [0.25, 0.3) is 0 Å². The summed E-state index contributed by atoms with van der Waals surface area (Å²) >= 11 is 0. The second kappa shape index (κ2) is 6.37. The Morgan fingerprint density at radius 2 is 2.11 bits per heavy atom. The van der Waals surface area contributed by atoms with E-state index in [9.17, 15) is 0 Å². The first kappa shape index (κ1) is 13.6. The molecule has 1 aliphatic carbocycles. The lowest BCUT2D eigenvalue weighted by Crippen LogP contribution is -2.37. The Bertz CT molecular complexity index is 350. The molecule has 0 amide bonds. The van der Waals surface area contributed by atoms with E-state index in [1.807, 2.05) is 0 Å². The fourth-order valence-electron chi connectivity index (χ4n) is 3.03. The van der Waals surface area contributed by atoms with Crippen molar-refractivity contribution in [2.24, 2.45) is 5.92 Å². The van der Waals surface area contributed by atoms with E-state index in [1.54, 1.807) is 0 Å². The molecule has 1 saturated carbocycles. The minimum atomic E-state index is 0.461. The summed E-state index contributed by atoms with van der Waals surface area (Å²) < 4.78 is 2.06. The van der Waals surface area contributed by atoms with Crippen LogP contribution in [0, 0.1) is 5.92 Å². The molecule has 3 nitrogen and oxygen atoms in total. The zero-order valence-corrected chi connectivity index (χ0v) is 12.0. The third kappa shape index (κ3) is 3.35. The first-order valence-corrected chi connectivity index (χ1v) is 7.48. The van der Waals surface area contributed by atoms with E-state index in [1.165, 1.54) is 31.4 Å². The van der Waals surface area contributed by atoms with Crippen molar-refractivity contribution in [1.82, 2.24) is 15.1 Å². The van der Waals surface area contributed by atoms with E-state index in [0.29, 0.717) is 12.1 Å². The number of hydrogen-bond donors (Lipinski definition) is 1. The van der Waals surface area contributed by atoms with Crippen molar-refractivity contribution in [3.05, 3.63) is 18.0 Å². The maximum Gasteiger partial charge on any atom is 0.0640 e. The molecule has 1 unspecified atom stereocenters. The largest absolute Gasteiger partial charge is 0.314 e. The summed E-state index contributed by atoms with van der Waals surface area (Å²) in [4.78, 5) is 0. The smallest absolute Gasteiger partial charge is 0.0640 e. The molecular weight excluding hydrogens is 222 g/mol. The summed E-state index contributed by atoms with van der Waals surface area (Å²) in [6, 6.07) is 3.26. The third-order valence-corrected chi connectivity index (χ3v) is 4.06. The number of aromatic nitrogens is 2. The van der Waals surface area contributed by atoms with Gasteiger partial charge in [0.2, 0.25) is 0 Å². The summed E-state index contributed by atoms with van der Waals surface area (Å²) in [6.07, 6.45) is 8.79. The summed E-state index contributed by atoms with van der Waals surface area (Å²) in [5, 5.41) is 8.34. The number of likely N-dealkylation sites (N-methyl/N-ethyl adjacent to an activating group) is 1. The summed E-state index contributed by atoms with van der Waals surface area (Å²) in [6.45, 7) is 7.62. The molecule has 1 aromatic heterocycles. The van der Waals surface area contributed by atoms with Crippen LogP contribution in [0.1, 0.15) is 58.2 Å². The van der Waals surface area contributed by atoms with E-state index in [-0.39, 0.29) is 0 Å². The highest BCUT2D eigenvalue weighted by molar-refractivity contribution is 5.03. The van der Waals surface area contributed by atoms with Crippen LogP contribution in [0.5, 0.6) is 0 Å². The molecule has 0 saturated heterocycles. The number of nitrogens with zero attached hydrogens (tertiary/aromatic N) is 2. The van der Waals surface area contributed by atoms with E-state index < -0.39 is 0 Å². The van der Waals surface area contributed by atoms with Crippen LogP contribution < -0.4 is 5.32 Å².